The van der Waals surface area contributed by atoms with E-state index in [-0.39, 0.29) is 0 Å². The minimum Gasteiger partial charge on any atom is -0.490 e. The molecule has 2 aromatic carbocycles. The first-order chi connectivity index (χ1) is 12.1. The molecule has 0 radical (unpaired) electrons. The third-order valence-corrected chi connectivity index (χ3v) is 4.01. The zero-order valence-electron chi connectivity index (χ0n) is 15.0. The molecule has 0 aliphatic heterocycles. The number of aryl methyl sites for hydroxylation is 1. The number of nitrogens with one attached hydrogen (secondary N) is 1. The van der Waals surface area contributed by atoms with E-state index in [1.54, 1.807) is 6.21 Å². The number of halogens is 1. The summed E-state index contributed by atoms with van der Waals surface area (Å²) in [5.41, 5.74) is 5.79. The summed E-state index contributed by atoms with van der Waals surface area (Å²) in [6.07, 6.45) is 3.87. The van der Waals surface area contributed by atoms with Crippen LogP contribution in [0.2, 0.25) is 5.02 Å². The molecule has 0 spiro atoms. The lowest BCUT2D eigenvalue weighted by Gasteiger charge is -2.12. The smallest absolute Gasteiger partial charge is 0.161 e. The number of nitrogens with zero attached hydrogens (tertiary/aromatic N) is 1. The Morgan fingerprint density at radius 3 is 2.64 bits per heavy atom. The molecule has 0 aliphatic rings. The number of rotatable bonds is 9. The molecule has 0 unspecified atom stereocenters. The van der Waals surface area contributed by atoms with E-state index < -0.39 is 0 Å². The van der Waals surface area contributed by atoms with Crippen LogP contribution < -0.4 is 14.9 Å². The molecular weight excluding hydrogens is 336 g/mol. The SMILES string of the molecule is CCCCOc1ccc(/C=N/Nc2ccc(C)c(Cl)c2)cc1OCC. The number of anilines is 1. The number of hydrogen-bond donors (Lipinski definition) is 1. The maximum atomic E-state index is 6.11. The monoisotopic (exact) mass is 360 g/mol. The quantitative estimate of drug-likeness (QED) is 0.356. The molecule has 0 bridgehead atoms. The number of unbranched alkanes of at least 4 members (excludes halogenated alkanes) is 1. The summed E-state index contributed by atoms with van der Waals surface area (Å²) in [6.45, 7) is 7.35. The van der Waals surface area contributed by atoms with Gasteiger partial charge in [0.25, 0.3) is 0 Å². The largest absolute Gasteiger partial charge is 0.490 e. The fourth-order valence-corrected chi connectivity index (χ4v) is 2.34. The summed E-state index contributed by atoms with van der Waals surface area (Å²) in [7, 11) is 0. The van der Waals surface area contributed by atoms with E-state index in [1.165, 1.54) is 0 Å². The Kier molecular flexibility index (Phi) is 7.61. The molecule has 4 nitrogen and oxygen atoms in total. The molecule has 2 aromatic rings. The van der Waals surface area contributed by atoms with Crippen LogP contribution in [0, 0.1) is 6.92 Å². The summed E-state index contributed by atoms with van der Waals surface area (Å²) in [5.74, 6) is 1.51. The molecule has 0 heterocycles. The molecule has 0 aromatic heterocycles. The zero-order valence-corrected chi connectivity index (χ0v) is 15.8. The van der Waals surface area contributed by atoms with Crippen molar-refractivity contribution in [2.24, 2.45) is 5.10 Å². The third-order valence-electron chi connectivity index (χ3n) is 3.60. The van der Waals surface area contributed by atoms with Crippen LogP contribution in [0.15, 0.2) is 41.5 Å². The van der Waals surface area contributed by atoms with E-state index in [0.717, 1.165) is 41.2 Å². The highest BCUT2D eigenvalue weighted by Gasteiger charge is 2.05. The van der Waals surface area contributed by atoms with Crippen LogP contribution in [0.1, 0.15) is 37.8 Å². The lowest BCUT2D eigenvalue weighted by Crippen LogP contribution is -2.01. The maximum absolute atomic E-state index is 6.11. The summed E-state index contributed by atoms with van der Waals surface area (Å²) < 4.78 is 11.5. The number of benzene rings is 2. The van der Waals surface area contributed by atoms with Gasteiger partial charge in [0.2, 0.25) is 0 Å². The molecule has 5 heteroatoms. The molecule has 0 saturated carbocycles. The van der Waals surface area contributed by atoms with Crippen LogP contribution in [-0.4, -0.2) is 19.4 Å². The Morgan fingerprint density at radius 2 is 1.92 bits per heavy atom. The summed E-state index contributed by atoms with van der Waals surface area (Å²) in [6, 6.07) is 11.6. The van der Waals surface area contributed by atoms with Crippen molar-refractivity contribution < 1.29 is 9.47 Å². The van der Waals surface area contributed by atoms with Gasteiger partial charge in [0, 0.05) is 5.02 Å². The highest BCUT2D eigenvalue weighted by Crippen LogP contribution is 2.28. The van der Waals surface area contributed by atoms with Gasteiger partial charge < -0.3 is 9.47 Å². The van der Waals surface area contributed by atoms with Gasteiger partial charge in [-0.3, -0.25) is 5.43 Å². The van der Waals surface area contributed by atoms with Crippen LogP contribution in [0.25, 0.3) is 0 Å². The van der Waals surface area contributed by atoms with Crippen LogP contribution >= 0.6 is 11.6 Å². The van der Waals surface area contributed by atoms with Gasteiger partial charge in [-0.15, -0.1) is 0 Å². The van der Waals surface area contributed by atoms with Crippen LogP contribution in [0.3, 0.4) is 0 Å². The van der Waals surface area contributed by atoms with E-state index in [1.807, 2.05) is 50.2 Å². The lowest BCUT2D eigenvalue weighted by atomic mass is 10.2. The molecule has 0 fully saturated rings. The van der Waals surface area contributed by atoms with E-state index in [0.29, 0.717) is 18.2 Å². The minimum atomic E-state index is 0.588. The number of hydrazone groups is 1. The Labute approximate surface area is 154 Å². The summed E-state index contributed by atoms with van der Waals surface area (Å²) in [4.78, 5) is 0. The van der Waals surface area contributed by atoms with Crippen molar-refractivity contribution in [2.45, 2.75) is 33.6 Å². The molecule has 0 amide bonds. The van der Waals surface area contributed by atoms with Gasteiger partial charge in [0.1, 0.15) is 0 Å². The van der Waals surface area contributed by atoms with E-state index >= 15 is 0 Å². The third kappa shape index (κ3) is 5.98. The molecule has 134 valence electrons. The van der Waals surface area contributed by atoms with E-state index in [2.05, 4.69) is 17.5 Å². The molecule has 1 N–H and O–H groups in total. The minimum absolute atomic E-state index is 0.588. The van der Waals surface area contributed by atoms with Crippen molar-refractivity contribution >= 4 is 23.5 Å². The molecule has 25 heavy (non-hydrogen) atoms. The summed E-state index contributed by atoms with van der Waals surface area (Å²) >= 11 is 6.11. The van der Waals surface area contributed by atoms with Gasteiger partial charge in [-0.2, -0.15) is 5.10 Å². The van der Waals surface area contributed by atoms with Crippen molar-refractivity contribution in [3.63, 3.8) is 0 Å². The second-order valence-electron chi connectivity index (χ2n) is 5.68. The van der Waals surface area contributed by atoms with Gasteiger partial charge in [-0.05, 0) is 61.7 Å². The van der Waals surface area contributed by atoms with Gasteiger partial charge in [0.15, 0.2) is 11.5 Å². The van der Waals surface area contributed by atoms with E-state index in [4.69, 9.17) is 21.1 Å². The highest BCUT2D eigenvalue weighted by atomic mass is 35.5. The molecule has 0 atom stereocenters. The first-order valence-corrected chi connectivity index (χ1v) is 8.96. The Bertz CT molecular complexity index is 717. The van der Waals surface area contributed by atoms with E-state index in [9.17, 15) is 0 Å². The van der Waals surface area contributed by atoms with Crippen molar-refractivity contribution in [3.05, 3.63) is 52.5 Å². The van der Waals surface area contributed by atoms with Crippen molar-refractivity contribution in [3.8, 4) is 11.5 Å². The zero-order chi connectivity index (χ0) is 18.1. The lowest BCUT2D eigenvalue weighted by molar-refractivity contribution is 0.272. The van der Waals surface area contributed by atoms with Crippen molar-refractivity contribution in [2.75, 3.05) is 18.6 Å². The first-order valence-electron chi connectivity index (χ1n) is 8.59. The van der Waals surface area contributed by atoms with Crippen molar-refractivity contribution in [1.29, 1.82) is 0 Å². The fraction of sp³-hybridized carbons (Fsp3) is 0.350. The first kappa shape index (κ1) is 19.1. The second-order valence-corrected chi connectivity index (χ2v) is 6.08. The number of ether oxygens (including phenoxy) is 2. The molecule has 2 rings (SSSR count). The van der Waals surface area contributed by atoms with Gasteiger partial charge in [-0.25, -0.2) is 0 Å². The molecule has 0 aliphatic carbocycles. The van der Waals surface area contributed by atoms with Crippen LogP contribution in [-0.2, 0) is 0 Å². The molecular formula is C20H25ClN2O2. The molecule has 0 saturated heterocycles. The number of hydrogen-bond acceptors (Lipinski definition) is 4. The highest BCUT2D eigenvalue weighted by molar-refractivity contribution is 6.31. The van der Waals surface area contributed by atoms with Gasteiger partial charge >= 0.3 is 0 Å². The summed E-state index contributed by atoms with van der Waals surface area (Å²) in [5, 5.41) is 4.97. The van der Waals surface area contributed by atoms with Gasteiger partial charge in [0.05, 0.1) is 25.1 Å². The fourth-order valence-electron chi connectivity index (χ4n) is 2.16. The topological polar surface area (TPSA) is 42.8 Å². The average molecular weight is 361 g/mol. The Hall–Kier alpha value is -2.20. The maximum Gasteiger partial charge on any atom is 0.161 e. The Morgan fingerprint density at radius 1 is 1.08 bits per heavy atom. The van der Waals surface area contributed by atoms with Crippen LogP contribution in [0.5, 0.6) is 11.5 Å². The standard InChI is InChI=1S/C20H25ClN2O2/c1-4-6-11-25-19-10-8-16(12-20(19)24-5-2)14-22-23-17-9-7-15(3)18(21)13-17/h7-10,12-14,23H,4-6,11H2,1-3H3/b22-14+. The van der Waals surface area contributed by atoms with Crippen LogP contribution in [0.4, 0.5) is 5.69 Å². The van der Waals surface area contributed by atoms with Crippen molar-refractivity contribution in [1.82, 2.24) is 0 Å². The predicted octanol–water partition coefficient (Wildman–Crippen LogP) is 5.67. The normalized spacial score (nSPS) is 10.9. The predicted molar refractivity (Wildman–Crippen MR) is 105 cm³/mol. The van der Waals surface area contributed by atoms with Gasteiger partial charge in [-0.1, -0.05) is 31.0 Å². The second kappa shape index (κ2) is 9.94. The Balaban J connectivity index is 2.05. The average Bonchev–Trinajstić information content (AvgIpc) is 2.60.